The van der Waals surface area contributed by atoms with Gasteiger partial charge in [-0.2, -0.15) is 0 Å². The smallest absolute Gasteiger partial charge is 0.170 e. The van der Waals surface area contributed by atoms with Crippen molar-refractivity contribution in [1.82, 2.24) is 10.2 Å². The molecule has 1 aliphatic rings. The van der Waals surface area contributed by atoms with Gasteiger partial charge in [0, 0.05) is 13.1 Å². The number of piperidine rings is 1. The normalized spacial score (nSPS) is 19.4. The fourth-order valence-corrected chi connectivity index (χ4v) is 2.78. The van der Waals surface area contributed by atoms with Gasteiger partial charge in [-0.1, -0.05) is 12.1 Å². The van der Waals surface area contributed by atoms with Gasteiger partial charge < -0.3 is 20.3 Å². The van der Waals surface area contributed by atoms with E-state index >= 15 is 0 Å². The first-order chi connectivity index (χ1) is 9.69. The Bertz CT molecular complexity index is 452. The number of hydrogen-bond donors (Lipinski definition) is 2. The number of methoxy groups -OCH3 is 1. The summed E-state index contributed by atoms with van der Waals surface area (Å²) in [5, 5.41) is 7.16. The quantitative estimate of drug-likeness (QED) is 0.833. The molecule has 0 spiro atoms. The van der Waals surface area contributed by atoms with E-state index in [1.807, 2.05) is 24.3 Å². The third-order valence-corrected chi connectivity index (χ3v) is 3.87. The van der Waals surface area contributed by atoms with Crippen LogP contribution in [0.15, 0.2) is 24.3 Å². The number of ether oxygens (including phenoxy) is 1. The maximum Gasteiger partial charge on any atom is 0.170 e. The summed E-state index contributed by atoms with van der Waals surface area (Å²) in [6, 6.07) is 7.78. The summed E-state index contributed by atoms with van der Waals surface area (Å²) in [4.78, 5) is 2.38. The van der Waals surface area contributed by atoms with Crippen LogP contribution in [0.4, 0.5) is 5.69 Å². The van der Waals surface area contributed by atoms with Gasteiger partial charge in [-0.05, 0) is 56.7 Å². The number of para-hydroxylation sites is 2. The van der Waals surface area contributed by atoms with Crippen molar-refractivity contribution in [2.45, 2.75) is 12.8 Å². The molecule has 1 heterocycles. The minimum absolute atomic E-state index is 0.655. The van der Waals surface area contributed by atoms with Crippen molar-refractivity contribution in [2.75, 3.05) is 39.1 Å². The molecule has 1 saturated heterocycles. The topological polar surface area (TPSA) is 36.5 Å². The molecule has 0 amide bonds. The van der Waals surface area contributed by atoms with Crippen molar-refractivity contribution in [3.63, 3.8) is 0 Å². The van der Waals surface area contributed by atoms with Crippen LogP contribution in [-0.2, 0) is 0 Å². The lowest BCUT2D eigenvalue weighted by molar-refractivity contribution is 0.211. The Morgan fingerprint density at radius 1 is 1.45 bits per heavy atom. The predicted octanol–water partition coefficient (Wildman–Crippen LogP) is 2.32. The lowest BCUT2D eigenvalue weighted by atomic mass is 9.99. The highest BCUT2D eigenvalue weighted by Gasteiger charge is 2.17. The van der Waals surface area contributed by atoms with Crippen LogP contribution in [0.5, 0.6) is 5.75 Å². The van der Waals surface area contributed by atoms with E-state index < -0.39 is 0 Å². The zero-order valence-corrected chi connectivity index (χ0v) is 13.0. The number of thiocarbonyl (C=S) groups is 1. The second kappa shape index (κ2) is 7.45. The second-order valence-corrected chi connectivity index (χ2v) is 5.71. The molecule has 0 aliphatic carbocycles. The first-order valence-corrected chi connectivity index (χ1v) is 7.46. The van der Waals surface area contributed by atoms with Gasteiger partial charge in [0.2, 0.25) is 0 Å². The number of anilines is 1. The summed E-state index contributed by atoms with van der Waals surface area (Å²) in [6.07, 6.45) is 2.55. The molecular formula is C15H23N3OS. The van der Waals surface area contributed by atoms with Crippen molar-refractivity contribution in [3.05, 3.63) is 24.3 Å². The van der Waals surface area contributed by atoms with Crippen molar-refractivity contribution < 1.29 is 4.74 Å². The zero-order valence-electron chi connectivity index (χ0n) is 12.2. The van der Waals surface area contributed by atoms with Crippen molar-refractivity contribution in [1.29, 1.82) is 0 Å². The lowest BCUT2D eigenvalue weighted by Gasteiger charge is -2.30. The minimum Gasteiger partial charge on any atom is -0.495 e. The third kappa shape index (κ3) is 4.35. The molecule has 0 saturated carbocycles. The summed E-state index contributed by atoms with van der Waals surface area (Å²) < 4.78 is 5.30. The van der Waals surface area contributed by atoms with E-state index in [0.717, 1.165) is 24.5 Å². The first-order valence-electron chi connectivity index (χ1n) is 7.05. The van der Waals surface area contributed by atoms with Crippen LogP contribution >= 0.6 is 12.2 Å². The molecule has 0 radical (unpaired) electrons. The summed E-state index contributed by atoms with van der Waals surface area (Å²) in [5.41, 5.74) is 0.897. The van der Waals surface area contributed by atoms with Gasteiger partial charge in [0.25, 0.3) is 0 Å². The molecule has 0 unspecified atom stereocenters. The third-order valence-electron chi connectivity index (χ3n) is 3.63. The fourth-order valence-electron chi connectivity index (χ4n) is 2.59. The SMILES string of the molecule is COc1ccccc1NC(=S)NC[C@@H]1CCCN(C)C1. The predicted molar refractivity (Wildman–Crippen MR) is 87.4 cm³/mol. The van der Waals surface area contributed by atoms with Crippen molar-refractivity contribution in [2.24, 2.45) is 5.92 Å². The molecule has 0 aromatic heterocycles. The second-order valence-electron chi connectivity index (χ2n) is 5.31. The van der Waals surface area contributed by atoms with E-state index in [9.17, 15) is 0 Å². The van der Waals surface area contributed by atoms with Crippen LogP contribution in [0.1, 0.15) is 12.8 Å². The maximum absolute atomic E-state index is 5.35. The maximum atomic E-state index is 5.35. The standard InChI is InChI=1S/C15H23N3OS/c1-18-9-5-6-12(11-18)10-16-15(20)17-13-7-3-4-8-14(13)19-2/h3-4,7-8,12H,5-6,9-11H2,1-2H3,(H2,16,17,20)/t12-/m0/s1. The Kier molecular flexibility index (Phi) is 5.61. The zero-order chi connectivity index (χ0) is 14.4. The molecule has 1 fully saturated rings. The Balaban J connectivity index is 1.80. The Hall–Kier alpha value is -1.33. The Morgan fingerprint density at radius 2 is 2.25 bits per heavy atom. The molecule has 2 rings (SSSR count). The largest absolute Gasteiger partial charge is 0.495 e. The Morgan fingerprint density at radius 3 is 3.00 bits per heavy atom. The molecule has 1 aliphatic heterocycles. The molecule has 1 aromatic carbocycles. The number of nitrogens with one attached hydrogen (secondary N) is 2. The lowest BCUT2D eigenvalue weighted by Crippen LogP contribution is -2.40. The molecule has 0 bridgehead atoms. The molecule has 20 heavy (non-hydrogen) atoms. The van der Waals surface area contributed by atoms with Gasteiger partial charge in [0.1, 0.15) is 5.75 Å². The van der Waals surface area contributed by atoms with Crippen LogP contribution in [0.25, 0.3) is 0 Å². The van der Waals surface area contributed by atoms with E-state index in [-0.39, 0.29) is 0 Å². The monoisotopic (exact) mass is 293 g/mol. The highest BCUT2D eigenvalue weighted by atomic mass is 32.1. The van der Waals surface area contributed by atoms with Crippen LogP contribution in [0.2, 0.25) is 0 Å². The fraction of sp³-hybridized carbons (Fsp3) is 0.533. The Labute approximate surface area is 126 Å². The van der Waals surface area contributed by atoms with Gasteiger partial charge in [0.05, 0.1) is 12.8 Å². The molecule has 110 valence electrons. The summed E-state index contributed by atoms with van der Waals surface area (Å²) >= 11 is 5.35. The molecule has 1 aromatic rings. The number of nitrogens with zero attached hydrogens (tertiary/aromatic N) is 1. The molecule has 1 atom stereocenters. The minimum atomic E-state index is 0.655. The molecule has 5 heteroatoms. The van der Waals surface area contributed by atoms with E-state index in [1.165, 1.54) is 19.4 Å². The van der Waals surface area contributed by atoms with E-state index in [2.05, 4.69) is 22.6 Å². The number of likely N-dealkylation sites (tertiary alicyclic amines) is 1. The van der Waals surface area contributed by atoms with E-state index in [1.54, 1.807) is 7.11 Å². The average molecular weight is 293 g/mol. The summed E-state index contributed by atoms with van der Waals surface area (Å²) in [5.74, 6) is 1.47. The van der Waals surface area contributed by atoms with Crippen LogP contribution in [0, 0.1) is 5.92 Å². The van der Waals surface area contributed by atoms with Crippen LogP contribution in [0.3, 0.4) is 0 Å². The number of benzene rings is 1. The van der Waals surface area contributed by atoms with Crippen molar-refractivity contribution >= 4 is 23.0 Å². The van der Waals surface area contributed by atoms with Gasteiger partial charge in [-0.25, -0.2) is 0 Å². The van der Waals surface area contributed by atoms with Crippen molar-refractivity contribution in [3.8, 4) is 5.75 Å². The number of rotatable bonds is 4. The molecular weight excluding hydrogens is 270 g/mol. The summed E-state index contributed by atoms with van der Waals surface area (Å²) in [7, 11) is 3.84. The average Bonchev–Trinajstić information content (AvgIpc) is 2.46. The van der Waals surface area contributed by atoms with E-state index in [4.69, 9.17) is 17.0 Å². The number of hydrogen-bond acceptors (Lipinski definition) is 3. The van der Waals surface area contributed by atoms with Gasteiger partial charge >= 0.3 is 0 Å². The highest BCUT2D eigenvalue weighted by molar-refractivity contribution is 7.80. The van der Waals surface area contributed by atoms with Gasteiger partial charge in [-0.15, -0.1) is 0 Å². The van der Waals surface area contributed by atoms with E-state index in [0.29, 0.717) is 11.0 Å². The first kappa shape index (κ1) is 15.1. The molecule has 4 nitrogen and oxygen atoms in total. The van der Waals surface area contributed by atoms with Crippen LogP contribution < -0.4 is 15.4 Å². The van der Waals surface area contributed by atoms with Crippen LogP contribution in [-0.4, -0.2) is 43.8 Å². The highest BCUT2D eigenvalue weighted by Crippen LogP contribution is 2.22. The van der Waals surface area contributed by atoms with Gasteiger partial charge in [0.15, 0.2) is 5.11 Å². The molecule has 2 N–H and O–H groups in total. The summed E-state index contributed by atoms with van der Waals surface area (Å²) in [6.45, 7) is 3.27. The van der Waals surface area contributed by atoms with Gasteiger partial charge in [-0.3, -0.25) is 0 Å².